The summed E-state index contributed by atoms with van der Waals surface area (Å²) in [7, 11) is 0. The predicted molar refractivity (Wildman–Crippen MR) is 91.6 cm³/mol. The Balaban J connectivity index is 1.70. The molecule has 0 saturated carbocycles. The molecule has 1 aliphatic heterocycles. The van der Waals surface area contributed by atoms with Crippen molar-refractivity contribution in [2.45, 2.75) is 31.3 Å². The van der Waals surface area contributed by atoms with E-state index in [9.17, 15) is 9.59 Å². The fourth-order valence-electron chi connectivity index (χ4n) is 3.77. The summed E-state index contributed by atoms with van der Waals surface area (Å²) in [6.45, 7) is 0.231. The summed E-state index contributed by atoms with van der Waals surface area (Å²) in [6.07, 6.45) is 2.46. The number of carbonyl (C=O) groups excluding carboxylic acids is 2. The molecular formula is C19H17ClN2O2. The van der Waals surface area contributed by atoms with Crippen LogP contribution in [-0.2, 0) is 23.3 Å². The molecule has 1 N–H and O–H groups in total. The lowest BCUT2D eigenvalue weighted by Crippen LogP contribution is -2.46. The second-order valence-electron chi connectivity index (χ2n) is 6.37. The molecule has 0 unspecified atom stereocenters. The second kappa shape index (κ2) is 5.64. The number of imide groups is 1. The van der Waals surface area contributed by atoms with Gasteiger partial charge in [0.25, 0.3) is 5.91 Å². The number of urea groups is 1. The topological polar surface area (TPSA) is 49.4 Å². The number of hydrogen-bond donors (Lipinski definition) is 1. The molecule has 4 rings (SSSR count). The first-order chi connectivity index (χ1) is 11.6. The van der Waals surface area contributed by atoms with Crippen molar-refractivity contribution in [3.63, 3.8) is 0 Å². The molecule has 1 fully saturated rings. The summed E-state index contributed by atoms with van der Waals surface area (Å²) in [5.41, 5.74) is 2.00. The number of fused-ring (bicyclic) bond motifs is 2. The molecule has 0 bridgehead atoms. The zero-order valence-electron chi connectivity index (χ0n) is 13.1. The normalized spacial score (nSPS) is 22.6. The molecule has 24 heavy (non-hydrogen) atoms. The van der Waals surface area contributed by atoms with Gasteiger partial charge in [0.1, 0.15) is 5.54 Å². The van der Waals surface area contributed by atoms with E-state index in [1.165, 1.54) is 4.90 Å². The lowest BCUT2D eigenvalue weighted by Gasteiger charge is -2.33. The van der Waals surface area contributed by atoms with Crippen LogP contribution in [0.2, 0.25) is 5.02 Å². The van der Waals surface area contributed by atoms with E-state index in [0.29, 0.717) is 11.4 Å². The highest BCUT2D eigenvalue weighted by molar-refractivity contribution is 6.30. The van der Waals surface area contributed by atoms with Crippen LogP contribution in [0.5, 0.6) is 0 Å². The molecule has 4 nitrogen and oxygen atoms in total. The van der Waals surface area contributed by atoms with E-state index >= 15 is 0 Å². The van der Waals surface area contributed by atoms with Gasteiger partial charge in [-0.1, -0.05) is 48.0 Å². The molecule has 122 valence electrons. The highest BCUT2D eigenvalue weighted by Crippen LogP contribution is 2.40. The first-order valence-corrected chi connectivity index (χ1v) is 8.45. The van der Waals surface area contributed by atoms with Crippen LogP contribution in [0.1, 0.15) is 29.5 Å². The molecule has 1 saturated heterocycles. The Morgan fingerprint density at radius 2 is 1.96 bits per heavy atom. The standard InChI is InChI=1S/C19H17ClN2O2/c20-15-8-3-5-13(11-15)12-22-17(23)19(21-18(22)24)10-4-7-14-6-1-2-9-16(14)19/h1-3,5-6,8-9,11H,4,7,10,12H2,(H,21,24)/t19-/m1/s1. The number of aryl methyl sites for hydroxylation is 1. The molecule has 1 heterocycles. The van der Waals surface area contributed by atoms with E-state index in [2.05, 4.69) is 5.32 Å². The van der Waals surface area contributed by atoms with Gasteiger partial charge in [-0.15, -0.1) is 0 Å². The number of amides is 3. The molecule has 5 heteroatoms. The maximum atomic E-state index is 13.2. The van der Waals surface area contributed by atoms with Gasteiger partial charge >= 0.3 is 6.03 Å². The highest BCUT2D eigenvalue weighted by Gasteiger charge is 2.53. The van der Waals surface area contributed by atoms with Gasteiger partial charge in [0.15, 0.2) is 0 Å². The summed E-state index contributed by atoms with van der Waals surface area (Å²) in [5.74, 6) is -0.167. The van der Waals surface area contributed by atoms with Gasteiger partial charge in [-0.05, 0) is 48.1 Å². The lowest BCUT2D eigenvalue weighted by atomic mass is 9.76. The molecule has 2 aliphatic rings. The minimum Gasteiger partial charge on any atom is -0.319 e. The smallest absolute Gasteiger partial charge is 0.319 e. The van der Waals surface area contributed by atoms with Gasteiger partial charge in [-0.3, -0.25) is 9.69 Å². The number of nitrogens with zero attached hydrogens (tertiary/aromatic N) is 1. The molecule has 3 amide bonds. The van der Waals surface area contributed by atoms with E-state index in [1.807, 2.05) is 36.4 Å². The summed E-state index contributed by atoms with van der Waals surface area (Å²) in [6, 6.07) is 14.8. The van der Waals surface area contributed by atoms with Crippen molar-refractivity contribution in [1.82, 2.24) is 10.2 Å². The monoisotopic (exact) mass is 340 g/mol. The van der Waals surface area contributed by atoms with E-state index < -0.39 is 5.54 Å². The van der Waals surface area contributed by atoms with E-state index in [1.54, 1.807) is 12.1 Å². The van der Waals surface area contributed by atoms with Crippen molar-refractivity contribution in [3.05, 3.63) is 70.2 Å². The number of halogens is 1. The Morgan fingerprint density at radius 1 is 1.12 bits per heavy atom. The third-order valence-electron chi connectivity index (χ3n) is 4.88. The summed E-state index contributed by atoms with van der Waals surface area (Å²) >= 11 is 6.01. The van der Waals surface area contributed by atoms with E-state index in [4.69, 9.17) is 11.6 Å². The Kier molecular flexibility index (Phi) is 3.57. The maximum absolute atomic E-state index is 13.2. The molecule has 0 aromatic heterocycles. The molecule has 2 aromatic carbocycles. The molecule has 1 atom stereocenters. The van der Waals surface area contributed by atoms with Crippen LogP contribution in [0.3, 0.4) is 0 Å². The van der Waals surface area contributed by atoms with Gasteiger partial charge in [0.05, 0.1) is 6.54 Å². The van der Waals surface area contributed by atoms with Crippen LogP contribution in [0, 0.1) is 0 Å². The quantitative estimate of drug-likeness (QED) is 0.849. The van der Waals surface area contributed by atoms with E-state index in [-0.39, 0.29) is 18.5 Å². The largest absolute Gasteiger partial charge is 0.325 e. The molecule has 0 radical (unpaired) electrons. The van der Waals surface area contributed by atoms with Crippen LogP contribution in [0.15, 0.2) is 48.5 Å². The van der Waals surface area contributed by atoms with Crippen LogP contribution >= 0.6 is 11.6 Å². The minimum atomic E-state index is -0.912. The van der Waals surface area contributed by atoms with Gasteiger partial charge in [0, 0.05) is 5.02 Å². The Morgan fingerprint density at radius 3 is 2.79 bits per heavy atom. The van der Waals surface area contributed by atoms with Crippen LogP contribution in [0.25, 0.3) is 0 Å². The first-order valence-electron chi connectivity index (χ1n) is 8.07. The van der Waals surface area contributed by atoms with Crippen molar-refractivity contribution in [1.29, 1.82) is 0 Å². The summed E-state index contributed by atoms with van der Waals surface area (Å²) in [4.78, 5) is 27.0. The van der Waals surface area contributed by atoms with Crippen LogP contribution < -0.4 is 5.32 Å². The zero-order chi connectivity index (χ0) is 16.7. The third-order valence-corrected chi connectivity index (χ3v) is 5.12. The van der Waals surface area contributed by atoms with Gasteiger partial charge in [0.2, 0.25) is 0 Å². The SMILES string of the molecule is O=C1N[C@@]2(CCCc3ccccc32)C(=O)N1Cc1cccc(Cl)c1. The molecule has 1 spiro atoms. The average Bonchev–Trinajstić information content (AvgIpc) is 2.80. The Bertz CT molecular complexity index is 836. The van der Waals surface area contributed by atoms with Gasteiger partial charge < -0.3 is 5.32 Å². The summed E-state index contributed by atoms with van der Waals surface area (Å²) in [5, 5.41) is 3.56. The second-order valence-corrected chi connectivity index (χ2v) is 6.80. The van der Waals surface area contributed by atoms with Crippen LogP contribution in [-0.4, -0.2) is 16.8 Å². The van der Waals surface area contributed by atoms with Crippen molar-refractivity contribution >= 4 is 23.5 Å². The van der Waals surface area contributed by atoms with Gasteiger partial charge in [-0.25, -0.2) is 4.79 Å². The maximum Gasteiger partial charge on any atom is 0.325 e. The lowest BCUT2D eigenvalue weighted by molar-refractivity contribution is -0.132. The minimum absolute atomic E-state index is 0.167. The van der Waals surface area contributed by atoms with Crippen molar-refractivity contribution in [3.8, 4) is 0 Å². The highest BCUT2D eigenvalue weighted by atomic mass is 35.5. The van der Waals surface area contributed by atoms with Crippen molar-refractivity contribution < 1.29 is 9.59 Å². The fraction of sp³-hybridized carbons (Fsp3) is 0.263. The van der Waals surface area contributed by atoms with Crippen LogP contribution in [0.4, 0.5) is 4.79 Å². The number of rotatable bonds is 2. The Hall–Kier alpha value is -2.33. The Labute approximate surface area is 145 Å². The zero-order valence-corrected chi connectivity index (χ0v) is 13.8. The van der Waals surface area contributed by atoms with E-state index in [0.717, 1.165) is 29.5 Å². The summed E-state index contributed by atoms with van der Waals surface area (Å²) < 4.78 is 0. The fourth-order valence-corrected chi connectivity index (χ4v) is 3.99. The first kappa shape index (κ1) is 15.2. The number of carbonyl (C=O) groups is 2. The molecular weight excluding hydrogens is 324 g/mol. The molecule has 2 aromatic rings. The van der Waals surface area contributed by atoms with Crippen molar-refractivity contribution in [2.75, 3.05) is 0 Å². The number of benzene rings is 2. The third kappa shape index (κ3) is 2.29. The molecule has 1 aliphatic carbocycles. The number of hydrogen-bond acceptors (Lipinski definition) is 2. The average molecular weight is 341 g/mol. The predicted octanol–water partition coefficient (Wildman–Crippen LogP) is 3.62. The number of nitrogens with one attached hydrogen (secondary N) is 1. The van der Waals surface area contributed by atoms with Crippen molar-refractivity contribution in [2.24, 2.45) is 0 Å². The van der Waals surface area contributed by atoms with Gasteiger partial charge in [-0.2, -0.15) is 0 Å².